The Bertz CT molecular complexity index is 880. The van der Waals surface area contributed by atoms with Gasteiger partial charge in [-0.25, -0.2) is 0 Å². The molecule has 29 heavy (non-hydrogen) atoms. The molecule has 2 N–H and O–H groups in total. The molecule has 1 saturated heterocycles. The third kappa shape index (κ3) is 6.43. The molecule has 5 heteroatoms. The highest BCUT2D eigenvalue weighted by atomic mass is 16.5. The number of hydrogen-bond donors (Lipinski definition) is 2. The van der Waals surface area contributed by atoms with Crippen molar-refractivity contribution in [1.82, 2.24) is 10.6 Å². The second-order valence-electron chi connectivity index (χ2n) is 7.02. The lowest BCUT2D eigenvalue weighted by Gasteiger charge is -2.13. The second-order valence-corrected chi connectivity index (χ2v) is 7.02. The highest BCUT2D eigenvalue weighted by Gasteiger charge is 2.18. The molecule has 0 spiro atoms. The summed E-state index contributed by atoms with van der Waals surface area (Å²) in [5, 5.41) is 5.59. The van der Waals surface area contributed by atoms with Crippen LogP contribution in [0.5, 0.6) is 0 Å². The van der Waals surface area contributed by atoms with E-state index in [0.717, 1.165) is 30.6 Å². The molecule has 1 fully saturated rings. The fraction of sp³-hybridized carbons (Fsp3) is 0.250. The van der Waals surface area contributed by atoms with Crippen LogP contribution in [0.4, 0.5) is 0 Å². The first kappa shape index (κ1) is 20.6. The van der Waals surface area contributed by atoms with Crippen molar-refractivity contribution in [3.8, 4) is 0 Å². The first-order valence-corrected chi connectivity index (χ1v) is 9.83. The molecule has 0 aromatic heterocycles. The number of aryl methyl sites for hydroxylation is 1. The number of amides is 2. The van der Waals surface area contributed by atoms with Gasteiger partial charge in [0.05, 0.1) is 6.10 Å². The molecule has 1 aliphatic rings. The monoisotopic (exact) mass is 390 g/mol. The molecule has 2 aromatic carbocycles. The van der Waals surface area contributed by atoms with E-state index in [9.17, 15) is 9.59 Å². The number of rotatable bonds is 7. The number of nitrogens with one attached hydrogen (secondary N) is 2. The number of hydrogen-bond acceptors (Lipinski definition) is 3. The Kier molecular flexibility index (Phi) is 7.36. The maximum Gasteiger partial charge on any atom is 0.267 e. The van der Waals surface area contributed by atoms with E-state index in [1.54, 1.807) is 24.3 Å². The van der Waals surface area contributed by atoms with Gasteiger partial charge in [0.2, 0.25) is 0 Å². The van der Waals surface area contributed by atoms with Gasteiger partial charge in [-0.3, -0.25) is 9.59 Å². The topological polar surface area (TPSA) is 67.4 Å². The first-order valence-electron chi connectivity index (χ1n) is 9.83. The molecule has 0 unspecified atom stereocenters. The van der Waals surface area contributed by atoms with Crippen LogP contribution in [0.15, 0.2) is 72.4 Å². The fourth-order valence-electron chi connectivity index (χ4n) is 3.00. The summed E-state index contributed by atoms with van der Waals surface area (Å²) in [7, 11) is 0. The van der Waals surface area contributed by atoms with Gasteiger partial charge in [-0.05, 0) is 43.5 Å². The Balaban J connectivity index is 1.71. The molecule has 1 heterocycles. The summed E-state index contributed by atoms with van der Waals surface area (Å²) in [4.78, 5) is 25.3. The minimum absolute atomic E-state index is 0.0351. The van der Waals surface area contributed by atoms with Crippen molar-refractivity contribution >= 4 is 17.9 Å². The van der Waals surface area contributed by atoms with E-state index in [1.807, 2.05) is 55.5 Å². The number of benzene rings is 2. The zero-order valence-corrected chi connectivity index (χ0v) is 16.6. The maximum absolute atomic E-state index is 12.7. The Labute approximate surface area is 171 Å². The van der Waals surface area contributed by atoms with E-state index < -0.39 is 0 Å². The molecular formula is C24H26N2O3. The summed E-state index contributed by atoms with van der Waals surface area (Å²) in [6, 6.07) is 17.0. The van der Waals surface area contributed by atoms with Gasteiger partial charge >= 0.3 is 0 Å². The summed E-state index contributed by atoms with van der Waals surface area (Å²) >= 11 is 0. The van der Waals surface area contributed by atoms with Crippen LogP contribution in [-0.2, 0) is 9.53 Å². The summed E-state index contributed by atoms with van der Waals surface area (Å²) in [5.74, 6) is -0.657. The van der Waals surface area contributed by atoms with Crippen molar-refractivity contribution in [2.24, 2.45) is 0 Å². The molecule has 1 aliphatic heterocycles. The van der Waals surface area contributed by atoms with Gasteiger partial charge in [0.1, 0.15) is 5.70 Å². The molecule has 5 nitrogen and oxygen atoms in total. The Morgan fingerprint density at radius 1 is 1.10 bits per heavy atom. The molecule has 1 atom stereocenters. The largest absolute Gasteiger partial charge is 0.376 e. The smallest absolute Gasteiger partial charge is 0.267 e. The van der Waals surface area contributed by atoms with Crippen molar-refractivity contribution < 1.29 is 14.3 Å². The van der Waals surface area contributed by atoms with Crippen LogP contribution >= 0.6 is 0 Å². The van der Waals surface area contributed by atoms with Crippen LogP contribution in [0.2, 0.25) is 0 Å². The van der Waals surface area contributed by atoms with Gasteiger partial charge in [0, 0.05) is 18.7 Å². The van der Waals surface area contributed by atoms with Crippen LogP contribution in [0.1, 0.15) is 34.3 Å². The SMILES string of the molecule is Cc1ccc(C(=O)N/C(=C/C=C/c2ccccc2)C(=O)NC[C@@H]2CCCO2)cc1. The standard InChI is InChI=1S/C24H26N2O3/c1-18-12-14-20(15-13-18)23(27)26-22(11-5-9-19-7-3-2-4-8-19)24(28)25-17-21-10-6-16-29-21/h2-5,7-9,11-15,21H,6,10,16-17H2,1H3,(H,25,28)(H,26,27)/b9-5+,22-11+/t21-/m0/s1. The van der Waals surface area contributed by atoms with Gasteiger partial charge in [-0.1, -0.05) is 60.2 Å². The van der Waals surface area contributed by atoms with Crippen molar-refractivity contribution in [1.29, 1.82) is 0 Å². The lowest BCUT2D eigenvalue weighted by atomic mass is 10.1. The number of allylic oxidation sites excluding steroid dienone is 2. The number of carbonyl (C=O) groups is 2. The van der Waals surface area contributed by atoms with Crippen molar-refractivity contribution in [3.63, 3.8) is 0 Å². The predicted octanol–water partition coefficient (Wildman–Crippen LogP) is 3.62. The Morgan fingerprint density at radius 2 is 1.86 bits per heavy atom. The molecule has 0 saturated carbocycles. The molecular weight excluding hydrogens is 364 g/mol. The summed E-state index contributed by atoms with van der Waals surface area (Å²) < 4.78 is 5.55. The quantitative estimate of drug-likeness (QED) is 0.561. The molecule has 3 rings (SSSR count). The van der Waals surface area contributed by atoms with Crippen LogP contribution in [0.3, 0.4) is 0 Å². The Morgan fingerprint density at radius 3 is 2.55 bits per heavy atom. The lowest BCUT2D eigenvalue weighted by Crippen LogP contribution is -2.38. The zero-order chi connectivity index (χ0) is 20.5. The van der Waals surface area contributed by atoms with Gasteiger partial charge in [-0.2, -0.15) is 0 Å². The average Bonchev–Trinajstić information content (AvgIpc) is 3.26. The van der Waals surface area contributed by atoms with Gasteiger partial charge in [0.15, 0.2) is 0 Å². The van der Waals surface area contributed by atoms with E-state index in [0.29, 0.717) is 12.1 Å². The van der Waals surface area contributed by atoms with Crippen molar-refractivity contribution in [3.05, 3.63) is 89.1 Å². The second kappa shape index (κ2) is 10.4. The van der Waals surface area contributed by atoms with Crippen molar-refractivity contribution in [2.75, 3.05) is 13.2 Å². The fourth-order valence-corrected chi connectivity index (χ4v) is 3.00. The van der Waals surface area contributed by atoms with Gasteiger partial charge < -0.3 is 15.4 Å². The molecule has 150 valence electrons. The molecule has 0 aliphatic carbocycles. The third-order valence-corrected chi connectivity index (χ3v) is 4.67. The molecule has 2 aromatic rings. The minimum Gasteiger partial charge on any atom is -0.376 e. The van der Waals surface area contributed by atoms with Gasteiger partial charge in [-0.15, -0.1) is 0 Å². The van der Waals surface area contributed by atoms with E-state index in [2.05, 4.69) is 10.6 Å². The van der Waals surface area contributed by atoms with E-state index in [1.165, 1.54) is 0 Å². The highest BCUT2D eigenvalue weighted by Crippen LogP contribution is 2.11. The van der Waals surface area contributed by atoms with Crippen LogP contribution in [-0.4, -0.2) is 31.1 Å². The lowest BCUT2D eigenvalue weighted by molar-refractivity contribution is -0.118. The average molecular weight is 390 g/mol. The number of carbonyl (C=O) groups excluding carboxylic acids is 2. The van der Waals surface area contributed by atoms with Gasteiger partial charge in [0.25, 0.3) is 11.8 Å². The van der Waals surface area contributed by atoms with E-state index in [-0.39, 0.29) is 23.6 Å². The predicted molar refractivity (Wildman–Crippen MR) is 114 cm³/mol. The zero-order valence-electron chi connectivity index (χ0n) is 16.6. The van der Waals surface area contributed by atoms with Crippen LogP contribution in [0, 0.1) is 6.92 Å². The van der Waals surface area contributed by atoms with Crippen LogP contribution < -0.4 is 10.6 Å². The minimum atomic E-state index is -0.335. The maximum atomic E-state index is 12.7. The first-order chi connectivity index (χ1) is 14.1. The summed E-state index contributed by atoms with van der Waals surface area (Å²) in [6.07, 6.45) is 7.23. The molecule has 0 radical (unpaired) electrons. The van der Waals surface area contributed by atoms with E-state index >= 15 is 0 Å². The number of ether oxygens (including phenoxy) is 1. The highest BCUT2D eigenvalue weighted by molar-refractivity contribution is 6.03. The summed E-state index contributed by atoms with van der Waals surface area (Å²) in [6.45, 7) is 3.12. The Hall–Kier alpha value is -3.18. The summed E-state index contributed by atoms with van der Waals surface area (Å²) in [5.41, 5.74) is 2.77. The van der Waals surface area contributed by atoms with Crippen LogP contribution in [0.25, 0.3) is 6.08 Å². The van der Waals surface area contributed by atoms with Crippen molar-refractivity contribution in [2.45, 2.75) is 25.9 Å². The normalized spacial score (nSPS) is 16.7. The van der Waals surface area contributed by atoms with E-state index in [4.69, 9.17) is 4.74 Å². The molecule has 0 bridgehead atoms. The molecule has 2 amide bonds. The third-order valence-electron chi connectivity index (χ3n) is 4.67.